The minimum absolute atomic E-state index is 0.0739. The molecule has 2 aliphatic rings. The highest BCUT2D eigenvalue weighted by Crippen LogP contribution is 2.23. The molecule has 0 aromatic heterocycles. The van der Waals surface area contributed by atoms with Crippen molar-refractivity contribution in [2.45, 2.75) is 50.6 Å². The van der Waals surface area contributed by atoms with Crippen molar-refractivity contribution in [3.63, 3.8) is 0 Å². The third-order valence-electron chi connectivity index (χ3n) is 3.40. The molecule has 0 aliphatic heterocycles. The minimum atomic E-state index is 0.0739. The molecule has 2 saturated carbocycles. The molecule has 0 saturated heterocycles. The van der Waals surface area contributed by atoms with Gasteiger partial charge in [0.1, 0.15) is 0 Å². The molecule has 0 aromatic rings. The quantitative estimate of drug-likeness (QED) is 0.742. The van der Waals surface area contributed by atoms with Crippen LogP contribution in [0.4, 0.5) is 0 Å². The number of nitriles is 1. The number of rotatable bonds is 4. The van der Waals surface area contributed by atoms with Gasteiger partial charge in [0.15, 0.2) is 0 Å². The SMILES string of the molecule is N#CC1CCCCC1NCC(=O)NC1CC1. The van der Waals surface area contributed by atoms with Crippen molar-refractivity contribution in [1.29, 1.82) is 5.26 Å². The molecule has 4 heteroatoms. The van der Waals surface area contributed by atoms with Crippen LogP contribution < -0.4 is 10.6 Å². The first kappa shape index (κ1) is 11.4. The molecule has 1 amide bonds. The van der Waals surface area contributed by atoms with E-state index in [4.69, 9.17) is 5.26 Å². The highest BCUT2D eigenvalue weighted by molar-refractivity contribution is 5.78. The summed E-state index contributed by atoms with van der Waals surface area (Å²) >= 11 is 0. The van der Waals surface area contributed by atoms with E-state index in [0.717, 1.165) is 32.1 Å². The van der Waals surface area contributed by atoms with Crippen LogP contribution in [0.25, 0.3) is 0 Å². The largest absolute Gasteiger partial charge is 0.352 e. The summed E-state index contributed by atoms with van der Waals surface area (Å²) in [6, 6.07) is 2.97. The zero-order valence-electron chi connectivity index (χ0n) is 9.54. The molecule has 0 heterocycles. The molecule has 2 fully saturated rings. The number of carbonyl (C=O) groups excluding carboxylic acids is 1. The Kier molecular flexibility index (Phi) is 3.79. The molecule has 0 bridgehead atoms. The molecular weight excluding hydrogens is 202 g/mol. The summed E-state index contributed by atoms with van der Waals surface area (Å²) in [4.78, 5) is 11.5. The number of hydrogen-bond donors (Lipinski definition) is 2. The van der Waals surface area contributed by atoms with Gasteiger partial charge in [0, 0.05) is 12.1 Å². The molecule has 2 aliphatic carbocycles. The predicted molar refractivity (Wildman–Crippen MR) is 60.5 cm³/mol. The van der Waals surface area contributed by atoms with Crippen LogP contribution in [0, 0.1) is 17.2 Å². The Balaban J connectivity index is 1.70. The lowest BCUT2D eigenvalue weighted by Crippen LogP contribution is -2.44. The van der Waals surface area contributed by atoms with Gasteiger partial charge < -0.3 is 10.6 Å². The van der Waals surface area contributed by atoms with Gasteiger partial charge >= 0.3 is 0 Å². The average Bonchev–Trinajstić information content (AvgIpc) is 3.10. The lowest BCUT2D eigenvalue weighted by Gasteiger charge is -2.27. The Bertz CT molecular complexity index is 293. The Morgan fingerprint density at radius 3 is 2.69 bits per heavy atom. The van der Waals surface area contributed by atoms with Gasteiger partial charge in [-0.3, -0.25) is 4.79 Å². The van der Waals surface area contributed by atoms with E-state index in [9.17, 15) is 4.79 Å². The van der Waals surface area contributed by atoms with Gasteiger partial charge in [-0.2, -0.15) is 5.26 Å². The second kappa shape index (κ2) is 5.31. The highest BCUT2D eigenvalue weighted by Gasteiger charge is 2.26. The van der Waals surface area contributed by atoms with E-state index >= 15 is 0 Å². The summed E-state index contributed by atoms with van der Waals surface area (Å²) < 4.78 is 0. The number of nitrogens with zero attached hydrogens (tertiary/aromatic N) is 1. The third kappa shape index (κ3) is 3.21. The van der Waals surface area contributed by atoms with Gasteiger partial charge in [-0.25, -0.2) is 0 Å². The standard InChI is InChI=1S/C12H19N3O/c13-7-9-3-1-2-4-11(9)14-8-12(16)15-10-5-6-10/h9-11,14H,1-6,8H2,(H,15,16). The van der Waals surface area contributed by atoms with Crippen molar-refractivity contribution in [3.05, 3.63) is 0 Å². The lowest BCUT2D eigenvalue weighted by molar-refractivity contribution is -0.120. The van der Waals surface area contributed by atoms with E-state index < -0.39 is 0 Å². The van der Waals surface area contributed by atoms with Crippen LogP contribution in [-0.4, -0.2) is 24.5 Å². The topological polar surface area (TPSA) is 64.9 Å². The summed E-state index contributed by atoms with van der Waals surface area (Å²) in [6.07, 6.45) is 6.55. The maximum Gasteiger partial charge on any atom is 0.234 e. The molecular formula is C12H19N3O. The van der Waals surface area contributed by atoms with Crippen LogP contribution in [0.2, 0.25) is 0 Å². The first-order valence-electron chi connectivity index (χ1n) is 6.22. The van der Waals surface area contributed by atoms with Gasteiger partial charge in [-0.05, 0) is 25.7 Å². The van der Waals surface area contributed by atoms with Gasteiger partial charge in [-0.15, -0.1) is 0 Å². The van der Waals surface area contributed by atoms with E-state index in [1.54, 1.807) is 0 Å². The van der Waals surface area contributed by atoms with E-state index in [0.29, 0.717) is 12.6 Å². The van der Waals surface area contributed by atoms with Crippen molar-refractivity contribution in [2.75, 3.05) is 6.54 Å². The first-order chi connectivity index (χ1) is 7.79. The second-order valence-electron chi connectivity index (χ2n) is 4.85. The van der Waals surface area contributed by atoms with Crippen LogP contribution in [0.15, 0.2) is 0 Å². The van der Waals surface area contributed by atoms with Gasteiger partial charge in [0.25, 0.3) is 0 Å². The Morgan fingerprint density at radius 1 is 1.25 bits per heavy atom. The number of nitrogens with one attached hydrogen (secondary N) is 2. The summed E-state index contributed by atoms with van der Waals surface area (Å²) in [5.74, 6) is 0.159. The minimum Gasteiger partial charge on any atom is -0.352 e. The fourth-order valence-electron chi connectivity index (χ4n) is 2.26. The summed E-state index contributed by atoms with van der Waals surface area (Å²) in [6.45, 7) is 0.360. The zero-order valence-corrected chi connectivity index (χ0v) is 9.54. The monoisotopic (exact) mass is 221 g/mol. The third-order valence-corrected chi connectivity index (χ3v) is 3.40. The summed E-state index contributed by atoms with van der Waals surface area (Å²) in [5, 5.41) is 15.2. The molecule has 2 N–H and O–H groups in total. The van der Waals surface area contributed by atoms with Gasteiger partial charge in [0.2, 0.25) is 5.91 Å². The molecule has 0 aromatic carbocycles. The molecule has 88 valence electrons. The fraction of sp³-hybridized carbons (Fsp3) is 0.833. The maximum atomic E-state index is 11.5. The Labute approximate surface area is 96.4 Å². The number of carbonyl (C=O) groups is 1. The van der Waals surface area contributed by atoms with Crippen molar-refractivity contribution < 1.29 is 4.79 Å². The van der Waals surface area contributed by atoms with Crippen LogP contribution in [0.1, 0.15) is 38.5 Å². The Morgan fingerprint density at radius 2 is 2.00 bits per heavy atom. The summed E-state index contributed by atoms with van der Waals surface area (Å²) in [7, 11) is 0. The van der Waals surface area contributed by atoms with Crippen LogP contribution in [-0.2, 0) is 4.79 Å². The lowest BCUT2D eigenvalue weighted by atomic mass is 9.85. The second-order valence-corrected chi connectivity index (χ2v) is 4.85. The summed E-state index contributed by atoms with van der Waals surface area (Å²) in [5.41, 5.74) is 0. The molecule has 2 rings (SSSR count). The van der Waals surface area contributed by atoms with E-state index in [2.05, 4.69) is 16.7 Å². The smallest absolute Gasteiger partial charge is 0.234 e. The highest BCUT2D eigenvalue weighted by atomic mass is 16.2. The van der Waals surface area contributed by atoms with E-state index in [1.165, 1.54) is 6.42 Å². The first-order valence-corrected chi connectivity index (χ1v) is 6.22. The van der Waals surface area contributed by atoms with Crippen molar-refractivity contribution in [2.24, 2.45) is 5.92 Å². The zero-order chi connectivity index (χ0) is 11.4. The number of hydrogen-bond acceptors (Lipinski definition) is 3. The molecule has 4 nitrogen and oxygen atoms in total. The molecule has 2 atom stereocenters. The molecule has 0 spiro atoms. The normalized spacial score (nSPS) is 29.4. The maximum absolute atomic E-state index is 11.5. The molecule has 0 radical (unpaired) electrons. The number of amides is 1. The fourth-order valence-corrected chi connectivity index (χ4v) is 2.26. The van der Waals surface area contributed by atoms with E-state index in [-0.39, 0.29) is 17.9 Å². The van der Waals surface area contributed by atoms with Crippen molar-refractivity contribution >= 4 is 5.91 Å². The van der Waals surface area contributed by atoms with Gasteiger partial charge in [-0.1, -0.05) is 12.8 Å². The van der Waals surface area contributed by atoms with Crippen LogP contribution >= 0.6 is 0 Å². The van der Waals surface area contributed by atoms with E-state index in [1.807, 2.05) is 0 Å². The van der Waals surface area contributed by atoms with Crippen LogP contribution in [0.5, 0.6) is 0 Å². The molecule has 16 heavy (non-hydrogen) atoms. The predicted octanol–water partition coefficient (Wildman–Crippen LogP) is 0.937. The van der Waals surface area contributed by atoms with Crippen LogP contribution in [0.3, 0.4) is 0 Å². The molecule has 2 unspecified atom stereocenters. The van der Waals surface area contributed by atoms with Crippen molar-refractivity contribution in [1.82, 2.24) is 10.6 Å². The van der Waals surface area contributed by atoms with Gasteiger partial charge in [0.05, 0.1) is 18.5 Å². The Hall–Kier alpha value is -1.08. The average molecular weight is 221 g/mol. The van der Waals surface area contributed by atoms with Crippen molar-refractivity contribution in [3.8, 4) is 6.07 Å².